The van der Waals surface area contributed by atoms with E-state index in [4.69, 9.17) is 16.7 Å². The topological polar surface area (TPSA) is 49.3 Å². The van der Waals surface area contributed by atoms with E-state index in [0.29, 0.717) is 18.0 Å². The second-order valence-corrected chi connectivity index (χ2v) is 5.33. The molecule has 0 bridgehead atoms. The zero-order valence-electron chi connectivity index (χ0n) is 11.5. The third kappa shape index (κ3) is 5.62. The van der Waals surface area contributed by atoms with E-state index in [2.05, 4.69) is 19.2 Å². The highest BCUT2D eigenvalue weighted by Crippen LogP contribution is 2.19. The van der Waals surface area contributed by atoms with Gasteiger partial charge < -0.3 is 10.4 Å². The molecule has 0 saturated heterocycles. The average molecular weight is 284 g/mol. The minimum absolute atomic E-state index is 0.238. The maximum absolute atomic E-state index is 11.1. The van der Waals surface area contributed by atoms with Crippen LogP contribution in [0.4, 0.5) is 0 Å². The number of carbonyl (C=O) groups is 1. The Hall–Kier alpha value is -1.06. The van der Waals surface area contributed by atoms with Crippen LogP contribution in [0.15, 0.2) is 24.3 Å². The van der Waals surface area contributed by atoms with Gasteiger partial charge in [-0.1, -0.05) is 50.4 Å². The highest BCUT2D eigenvalue weighted by atomic mass is 35.5. The predicted molar refractivity (Wildman–Crippen MR) is 78.8 cm³/mol. The molecule has 106 valence electrons. The first-order chi connectivity index (χ1) is 9.04. The molecule has 0 heterocycles. The average Bonchev–Trinajstić information content (AvgIpc) is 2.38. The summed E-state index contributed by atoms with van der Waals surface area (Å²) in [5.41, 5.74) is 1.12. The maximum atomic E-state index is 11.1. The molecular weight excluding hydrogens is 262 g/mol. The standard InChI is InChI=1S/C15H22ClNO2/c1-3-4-8-14(15(18)19)17-10-11(2)12-6-5-7-13(16)9-12/h5-7,9,11,14,17H,3-4,8,10H2,1-2H3,(H,18,19). The molecule has 3 nitrogen and oxygen atoms in total. The van der Waals surface area contributed by atoms with Crippen LogP contribution in [-0.4, -0.2) is 23.7 Å². The molecule has 2 N–H and O–H groups in total. The van der Waals surface area contributed by atoms with E-state index < -0.39 is 12.0 Å². The molecule has 1 rings (SSSR count). The van der Waals surface area contributed by atoms with E-state index in [1.807, 2.05) is 24.3 Å². The molecule has 0 aromatic heterocycles. The Balaban J connectivity index is 2.51. The second-order valence-electron chi connectivity index (χ2n) is 4.90. The summed E-state index contributed by atoms with van der Waals surface area (Å²) in [4.78, 5) is 11.1. The van der Waals surface area contributed by atoms with Crippen LogP contribution in [0.2, 0.25) is 5.02 Å². The summed E-state index contributed by atoms with van der Waals surface area (Å²) in [6.07, 6.45) is 2.61. The molecule has 1 aromatic rings. The molecular formula is C15H22ClNO2. The molecule has 0 aliphatic carbocycles. The lowest BCUT2D eigenvalue weighted by Crippen LogP contribution is -2.38. The van der Waals surface area contributed by atoms with Crippen LogP contribution >= 0.6 is 11.6 Å². The molecule has 0 aliphatic heterocycles. The van der Waals surface area contributed by atoms with Crippen LogP contribution in [-0.2, 0) is 4.79 Å². The third-order valence-corrected chi connectivity index (χ3v) is 3.47. The Bertz CT molecular complexity index is 409. The lowest BCUT2D eigenvalue weighted by atomic mass is 10.0. The minimum atomic E-state index is -0.772. The monoisotopic (exact) mass is 283 g/mol. The summed E-state index contributed by atoms with van der Waals surface area (Å²) >= 11 is 5.96. The molecule has 1 aromatic carbocycles. The SMILES string of the molecule is CCCCC(NCC(C)c1cccc(Cl)c1)C(=O)O. The normalized spacial score (nSPS) is 14.1. The number of hydrogen-bond acceptors (Lipinski definition) is 2. The fourth-order valence-corrected chi connectivity index (χ4v) is 2.17. The quantitative estimate of drug-likeness (QED) is 0.765. The number of hydrogen-bond donors (Lipinski definition) is 2. The number of nitrogens with one attached hydrogen (secondary N) is 1. The smallest absolute Gasteiger partial charge is 0.320 e. The van der Waals surface area contributed by atoms with E-state index in [9.17, 15) is 4.79 Å². The van der Waals surface area contributed by atoms with Crippen molar-refractivity contribution in [1.82, 2.24) is 5.32 Å². The Morgan fingerprint density at radius 2 is 2.21 bits per heavy atom. The number of unbranched alkanes of at least 4 members (excludes halogenated alkanes) is 1. The zero-order chi connectivity index (χ0) is 14.3. The Labute approximate surface area is 120 Å². The van der Waals surface area contributed by atoms with Crippen LogP contribution < -0.4 is 5.32 Å². The van der Waals surface area contributed by atoms with Crippen molar-refractivity contribution in [2.75, 3.05) is 6.54 Å². The summed E-state index contributed by atoms with van der Waals surface area (Å²) in [5.74, 6) is -0.533. The Morgan fingerprint density at radius 1 is 1.47 bits per heavy atom. The molecule has 0 aliphatic rings. The van der Waals surface area contributed by atoms with Gasteiger partial charge in [-0.05, 0) is 30.0 Å². The number of halogens is 1. The third-order valence-electron chi connectivity index (χ3n) is 3.23. The maximum Gasteiger partial charge on any atom is 0.320 e. The van der Waals surface area contributed by atoms with Gasteiger partial charge in [0.1, 0.15) is 6.04 Å². The molecule has 0 saturated carbocycles. The zero-order valence-corrected chi connectivity index (χ0v) is 12.3. The van der Waals surface area contributed by atoms with Crippen LogP contribution in [0, 0.1) is 0 Å². The fraction of sp³-hybridized carbons (Fsp3) is 0.533. The lowest BCUT2D eigenvalue weighted by molar-refractivity contribution is -0.139. The van der Waals surface area contributed by atoms with E-state index >= 15 is 0 Å². The van der Waals surface area contributed by atoms with Crippen LogP contribution in [0.25, 0.3) is 0 Å². The summed E-state index contributed by atoms with van der Waals surface area (Å²) in [6.45, 7) is 4.77. The van der Waals surface area contributed by atoms with Crippen molar-refractivity contribution in [1.29, 1.82) is 0 Å². The number of carboxylic acid groups (broad SMARTS) is 1. The molecule has 4 heteroatoms. The Kier molecular flexibility index (Phi) is 6.89. The van der Waals surface area contributed by atoms with Gasteiger partial charge in [-0.25, -0.2) is 0 Å². The van der Waals surface area contributed by atoms with Gasteiger partial charge in [0.15, 0.2) is 0 Å². The van der Waals surface area contributed by atoms with Gasteiger partial charge in [-0.3, -0.25) is 4.79 Å². The summed E-state index contributed by atoms with van der Waals surface area (Å²) in [5, 5.41) is 13.0. The second kappa shape index (κ2) is 8.18. The molecule has 0 radical (unpaired) electrons. The van der Waals surface area contributed by atoms with Gasteiger partial charge in [0.2, 0.25) is 0 Å². The largest absolute Gasteiger partial charge is 0.480 e. The van der Waals surface area contributed by atoms with Crippen molar-refractivity contribution in [3.63, 3.8) is 0 Å². The van der Waals surface area contributed by atoms with E-state index in [1.54, 1.807) is 0 Å². The first-order valence-electron chi connectivity index (χ1n) is 6.76. The number of aliphatic carboxylic acids is 1. The van der Waals surface area contributed by atoms with Crippen molar-refractivity contribution in [3.8, 4) is 0 Å². The van der Waals surface area contributed by atoms with Gasteiger partial charge in [0.25, 0.3) is 0 Å². The highest BCUT2D eigenvalue weighted by molar-refractivity contribution is 6.30. The molecule has 0 amide bonds. The van der Waals surface area contributed by atoms with Crippen LogP contribution in [0.5, 0.6) is 0 Å². The van der Waals surface area contributed by atoms with Crippen LogP contribution in [0.3, 0.4) is 0 Å². The van der Waals surface area contributed by atoms with E-state index in [-0.39, 0.29) is 5.92 Å². The van der Waals surface area contributed by atoms with Gasteiger partial charge in [-0.2, -0.15) is 0 Å². The summed E-state index contributed by atoms with van der Waals surface area (Å²) < 4.78 is 0. The van der Waals surface area contributed by atoms with Crippen molar-refractivity contribution >= 4 is 17.6 Å². The van der Waals surface area contributed by atoms with Gasteiger partial charge in [-0.15, -0.1) is 0 Å². The van der Waals surface area contributed by atoms with E-state index in [0.717, 1.165) is 18.4 Å². The molecule has 0 spiro atoms. The lowest BCUT2D eigenvalue weighted by Gasteiger charge is -2.18. The van der Waals surface area contributed by atoms with Gasteiger partial charge in [0.05, 0.1) is 0 Å². The molecule has 0 fully saturated rings. The number of benzene rings is 1. The van der Waals surface area contributed by atoms with Crippen LogP contribution in [0.1, 0.15) is 44.6 Å². The van der Waals surface area contributed by atoms with Crippen molar-refractivity contribution < 1.29 is 9.90 Å². The van der Waals surface area contributed by atoms with Crippen molar-refractivity contribution in [3.05, 3.63) is 34.9 Å². The van der Waals surface area contributed by atoms with Crippen molar-refractivity contribution in [2.45, 2.75) is 45.1 Å². The fourth-order valence-electron chi connectivity index (χ4n) is 1.97. The molecule has 2 atom stereocenters. The Morgan fingerprint density at radius 3 is 2.79 bits per heavy atom. The molecule has 2 unspecified atom stereocenters. The first-order valence-corrected chi connectivity index (χ1v) is 7.14. The van der Waals surface area contributed by atoms with Gasteiger partial charge in [0, 0.05) is 11.6 Å². The molecule has 19 heavy (non-hydrogen) atoms. The van der Waals surface area contributed by atoms with E-state index in [1.165, 1.54) is 0 Å². The number of carboxylic acids is 1. The summed E-state index contributed by atoms with van der Waals surface area (Å²) in [7, 11) is 0. The van der Waals surface area contributed by atoms with Crippen molar-refractivity contribution in [2.24, 2.45) is 0 Å². The van der Waals surface area contributed by atoms with Gasteiger partial charge >= 0.3 is 5.97 Å². The number of rotatable bonds is 8. The first kappa shape index (κ1) is 16.0. The highest BCUT2D eigenvalue weighted by Gasteiger charge is 2.17. The predicted octanol–water partition coefficient (Wildman–Crippen LogP) is 3.68. The summed E-state index contributed by atoms with van der Waals surface area (Å²) in [6, 6.07) is 7.24. The minimum Gasteiger partial charge on any atom is -0.480 e.